The zero-order valence-corrected chi connectivity index (χ0v) is 17.0. The highest BCUT2D eigenvalue weighted by atomic mass is 35.5. The summed E-state index contributed by atoms with van der Waals surface area (Å²) in [5, 5.41) is 6.67. The second-order valence-corrected chi connectivity index (χ2v) is 8.13. The summed E-state index contributed by atoms with van der Waals surface area (Å²) in [4.78, 5) is 30.2. The lowest BCUT2D eigenvalue weighted by Gasteiger charge is -2.31. The first-order chi connectivity index (χ1) is 13.0. The molecular formula is C20H24ClN3O2S. The van der Waals surface area contributed by atoms with Crippen molar-refractivity contribution in [1.29, 1.82) is 0 Å². The quantitative estimate of drug-likeness (QED) is 0.800. The summed E-state index contributed by atoms with van der Waals surface area (Å²) in [5.41, 5.74) is 1.91. The minimum absolute atomic E-state index is 0.0146. The van der Waals surface area contributed by atoms with Gasteiger partial charge >= 0.3 is 0 Å². The van der Waals surface area contributed by atoms with Crippen molar-refractivity contribution in [2.45, 2.75) is 38.5 Å². The molecule has 1 aliphatic rings. The van der Waals surface area contributed by atoms with E-state index in [2.05, 4.69) is 10.7 Å². The SMILES string of the molecule is CC(=O)NCCc1csc(C2CCN(C(=O)Cc3ccccc3Cl)CC2)n1. The number of hydrogen-bond donors (Lipinski definition) is 1. The van der Waals surface area contributed by atoms with Crippen LogP contribution in [0.4, 0.5) is 0 Å². The monoisotopic (exact) mass is 405 g/mol. The summed E-state index contributed by atoms with van der Waals surface area (Å²) in [6, 6.07) is 7.51. The van der Waals surface area contributed by atoms with Gasteiger partial charge in [0.05, 0.1) is 17.1 Å². The molecule has 1 N–H and O–H groups in total. The smallest absolute Gasteiger partial charge is 0.227 e. The summed E-state index contributed by atoms with van der Waals surface area (Å²) in [5.74, 6) is 0.532. The third-order valence-corrected chi connectivity index (χ3v) is 6.25. The molecule has 1 aromatic carbocycles. The number of hydrogen-bond acceptors (Lipinski definition) is 4. The number of rotatable bonds is 6. The van der Waals surface area contributed by atoms with Crippen molar-refractivity contribution >= 4 is 34.8 Å². The van der Waals surface area contributed by atoms with Gasteiger partial charge in [-0.2, -0.15) is 0 Å². The van der Waals surface area contributed by atoms with Crippen LogP contribution in [0.1, 0.15) is 41.9 Å². The minimum Gasteiger partial charge on any atom is -0.356 e. The minimum atomic E-state index is -0.0146. The van der Waals surface area contributed by atoms with Crippen LogP contribution in [0.2, 0.25) is 5.02 Å². The maximum Gasteiger partial charge on any atom is 0.227 e. The fourth-order valence-corrected chi connectivity index (χ4v) is 4.51. The van der Waals surface area contributed by atoms with Gasteiger partial charge in [-0.15, -0.1) is 11.3 Å². The Kier molecular flexibility index (Phi) is 6.85. The fourth-order valence-electron chi connectivity index (χ4n) is 3.28. The molecule has 0 radical (unpaired) electrons. The van der Waals surface area contributed by atoms with Crippen LogP contribution in [0.5, 0.6) is 0 Å². The van der Waals surface area contributed by atoms with Gasteiger partial charge in [-0.25, -0.2) is 4.98 Å². The average Bonchev–Trinajstić information content (AvgIpc) is 3.12. The van der Waals surface area contributed by atoms with Gasteiger partial charge in [-0.05, 0) is 24.5 Å². The maximum atomic E-state index is 12.6. The Morgan fingerprint density at radius 1 is 1.30 bits per heavy atom. The highest BCUT2D eigenvalue weighted by Gasteiger charge is 2.26. The van der Waals surface area contributed by atoms with Crippen molar-refractivity contribution in [3.8, 4) is 0 Å². The fraction of sp³-hybridized carbons (Fsp3) is 0.450. The zero-order chi connectivity index (χ0) is 19.2. The van der Waals surface area contributed by atoms with E-state index in [9.17, 15) is 9.59 Å². The predicted octanol–water partition coefficient (Wildman–Crippen LogP) is 3.42. The van der Waals surface area contributed by atoms with Gasteiger partial charge in [-0.1, -0.05) is 29.8 Å². The lowest BCUT2D eigenvalue weighted by Crippen LogP contribution is -2.38. The largest absolute Gasteiger partial charge is 0.356 e. The Morgan fingerprint density at radius 2 is 2.04 bits per heavy atom. The molecule has 0 bridgehead atoms. The molecule has 144 valence electrons. The lowest BCUT2D eigenvalue weighted by atomic mass is 9.97. The third-order valence-electron chi connectivity index (χ3n) is 4.82. The summed E-state index contributed by atoms with van der Waals surface area (Å²) < 4.78 is 0. The number of carbonyl (C=O) groups is 2. The molecule has 2 amide bonds. The van der Waals surface area contributed by atoms with Gasteiger partial charge in [0.15, 0.2) is 0 Å². The number of aromatic nitrogens is 1. The summed E-state index contributed by atoms with van der Waals surface area (Å²) >= 11 is 7.85. The zero-order valence-electron chi connectivity index (χ0n) is 15.4. The summed E-state index contributed by atoms with van der Waals surface area (Å²) in [7, 11) is 0. The van der Waals surface area contributed by atoms with E-state index in [-0.39, 0.29) is 11.8 Å². The Morgan fingerprint density at radius 3 is 2.74 bits per heavy atom. The second-order valence-electron chi connectivity index (χ2n) is 6.83. The van der Waals surface area contributed by atoms with Crippen molar-refractivity contribution in [3.05, 3.63) is 50.9 Å². The molecule has 0 unspecified atom stereocenters. The topological polar surface area (TPSA) is 62.3 Å². The second kappa shape index (κ2) is 9.33. The van der Waals surface area contributed by atoms with Crippen LogP contribution in [0, 0.1) is 0 Å². The number of halogens is 1. The molecular weight excluding hydrogens is 382 g/mol. The van der Waals surface area contributed by atoms with E-state index in [4.69, 9.17) is 16.6 Å². The Bertz CT molecular complexity index is 800. The highest BCUT2D eigenvalue weighted by Crippen LogP contribution is 2.30. The Balaban J connectivity index is 1.48. The van der Waals surface area contributed by atoms with E-state index in [0.717, 1.165) is 48.6 Å². The van der Waals surface area contributed by atoms with Crippen molar-refractivity contribution in [2.24, 2.45) is 0 Å². The van der Waals surface area contributed by atoms with E-state index >= 15 is 0 Å². The first-order valence-corrected chi connectivity index (χ1v) is 10.5. The molecule has 3 rings (SSSR count). The van der Waals surface area contributed by atoms with Crippen LogP contribution in [0.25, 0.3) is 0 Å². The van der Waals surface area contributed by atoms with Crippen LogP contribution in [-0.2, 0) is 22.4 Å². The van der Waals surface area contributed by atoms with Crippen LogP contribution in [0.3, 0.4) is 0 Å². The van der Waals surface area contributed by atoms with Crippen LogP contribution < -0.4 is 5.32 Å². The molecule has 27 heavy (non-hydrogen) atoms. The molecule has 7 heteroatoms. The molecule has 0 saturated carbocycles. The highest BCUT2D eigenvalue weighted by molar-refractivity contribution is 7.09. The molecule has 5 nitrogen and oxygen atoms in total. The number of amides is 2. The van der Waals surface area contributed by atoms with Gasteiger partial charge in [0.1, 0.15) is 0 Å². The lowest BCUT2D eigenvalue weighted by molar-refractivity contribution is -0.131. The molecule has 0 aliphatic carbocycles. The number of nitrogens with zero attached hydrogens (tertiary/aromatic N) is 2. The van der Waals surface area contributed by atoms with Gasteiger partial charge in [0, 0.05) is 49.3 Å². The molecule has 1 saturated heterocycles. The van der Waals surface area contributed by atoms with Gasteiger partial charge < -0.3 is 10.2 Å². The van der Waals surface area contributed by atoms with E-state index in [1.807, 2.05) is 29.2 Å². The molecule has 0 atom stereocenters. The molecule has 1 aliphatic heterocycles. The molecule has 2 aromatic rings. The first kappa shape index (κ1) is 19.8. The van der Waals surface area contributed by atoms with Crippen molar-refractivity contribution < 1.29 is 9.59 Å². The predicted molar refractivity (Wildman–Crippen MR) is 108 cm³/mol. The van der Waals surface area contributed by atoms with E-state index < -0.39 is 0 Å². The van der Waals surface area contributed by atoms with Crippen molar-refractivity contribution in [3.63, 3.8) is 0 Å². The number of carbonyl (C=O) groups excluding carboxylic acids is 2. The van der Waals surface area contributed by atoms with Gasteiger partial charge in [0.2, 0.25) is 11.8 Å². The molecule has 1 aromatic heterocycles. The van der Waals surface area contributed by atoms with Gasteiger partial charge in [-0.3, -0.25) is 9.59 Å². The molecule has 1 fully saturated rings. The number of likely N-dealkylation sites (tertiary alicyclic amines) is 1. The van der Waals surface area contributed by atoms with Crippen LogP contribution in [-0.4, -0.2) is 41.3 Å². The van der Waals surface area contributed by atoms with E-state index in [0.29, 0.717) is 23.9 Å². The number of thiazole rings is 1. The summed E-state index contributed by atoms with van der Waals surface area (Å²) in [6.45, 7) is 3.66. The number of benzene rings is 1. The Labute approximate surface area is 168 Å². The number of piperidine rings is 1. The molecule has 0 spiro atoms. The van der Waals surface area contributed by atoms with Crippen LogP contribution in [0.15, 0.2) is 29.6 Å². The normalized spacial score (nSPS) is 15.0. The third kappa shape index (κ3) is 5.53. The summed E-state index contributed by atoms with van der Waals surface area (Å²) in [6.07, 6.45) is 2.99. The Hall–Kier alpha value is -1.92. The molecule has 2 heterocycles. The average molecular weight is 406 g/mol. The van der Waals surface area contributed by atoms with Crippen molar-refractivity contribution in [2.75, 3.05) is 19.6 Å². The van der Waals surface area contributed by atoms with Gasteiger partial charge in [0.25, 0.3) is 0 Å². The van der Waals surface area contributed by atoms with Crippen LogP contribution >= 0.6 is 22.9 Å². The van der Waals surface area contributed by atoms with E-state index in [1.165, 1.54) is 6.92 Å². The maximum absolute atomic E-state index is 12.6. The standard InChI is InChI=1S/C20H24ClN3O2S/c1-14(25)22-9-6-17-13-27-20(23-17)15-7-10-24(11-8-15)19(26)12-16-4-2-3-5-18(16)21/h2-5,13,15H,6-12H2,1H3,(H,22,25). The van der Waals surface area contributed by atoms with Crippen molar-refractivity contribution in [1.82, 2.24) is 15.2 Å². The van der Waals surface area contributed by atoms with E-state index in [1.54, 1.807) is 11.3 Å². The number of nitrogens with one attached hydrogen (secondary N) is 1. The first-order valence-electron chi connectivity index (χ1n) is 9.23.